The van der Waals surface area contributed by atoms with E-state index >= 15 is 0 Å². The van der Waals surface area contributed by atoms with Gasteiger partial charge in [0, 0.05) is 28.1 Å². The number of aromatic nitrogens is 1. The molecule has 3 aromatic rings. The lowest BCUT2D eigenvalue weighted by Gasteiger charge is -2.06. The molecule has 0 saturated carbocycles. The molecule has 7 nitrogen and oxygen atoms in total. The van der Waals surface area contributed by atoms with E-state index in [4.69, 9.17) is 21.1 Å². The fourth-order valence-electron chi connectivity index (χ4n) is 2.10. The van der Waals surface area contributed by atoms with E-state index in [9.17, 15) is 14.9 Å². The average Bonchev–Trinajstić information content (AvgIpc) is 3.14. The molecule has 0 aliphatic rings. The Labute approximate surface area is 163 Å². The van der Waals surface area contributed by atoms with Crippen LogP contribution in [0.5, 0.6) is 5.75 Å². The maximum atomic E-state index is 11.8. The number of thiazole rings is 1. The second kappa shape index (κ2) is 8.61. The Kier molecular flexibility index (Phi) is 6.00. The first-order valence-electron chi connectivity index (χ1n) is 7.74. The van der Waals surface area contributed by atoms with Crippen LogP contribution >= 0.6 is 22.9 Å². The normalized spacial score (nSPS) is 10.4. The van der Waals surface area contributed by atoms with Crippen LogP contribution in [0, 0.1) is 10.1 Å². The van der Waals surface area contributed by atoms with Crippen molar-refractivity contribution < 1.29 is 19.2 Å². The highest BCUT2D eigenvalue weighted by Crippen LogP contribution is 2.25. The second-order valence-corrected chi connectivity index (χ2v) is 6.65. The number of nitro benzene ring substituents is 1. The van der Waals surface area contributed by atoms with Crippen molar-refractivity contribution in [3.8, 4) is 16.3 Å². The Morgan fingerprint density at radius 1 is 1.15 bits per heavy atom. The quantitative estimate of drug-likeness (QED) is 0.327. The Balaban J connectivity index is 1.48. The van der Waals surface area contributed by atoms with Crippen molar-refractivity contribution in [2.45, 2.75) is 6.61 Å². The molecule has 2 aromatic carbocycles. The number of halogens is 1. The van der Waals surface area contributed by atoms with Gasteiger partial charge in [-0.3, -0.25) is 10.1 Å². The number of hydrogen-bond donors (Lipinski definition) is 0. The summed E-state index contributed by atoms with van der Waals surface area (Å²) in [6.07, 6.45) is 0. The summed E-state index contributed by atoms with van der Waals surface area (Å²) in [5.74, 6) is -0.217. The van der Waals surface area contributed by atoms with Crippen LogP contribution in [0.1, 0.15) is 5.69 Å². The molecule has 0 fully saturated rings. The molecule has 0 saturated heterocycles. The zero-order chi connectivity index (χ0) is 19.2. The maximum Gasteiger partial charge on any atom is 0.344 e. The lowest BCUT2D eigenvalue weighted by molar-refractivity contribution is -0.384. The molecule has 0 N–H and O–H groups in total. The molecular formula is C18H13ClN2O5S. The fourth-order valence-corrected chi connectivity index (χ4v) is 3.04. The smallest absolute Gasteiger partial charge is 0.344 e. The minimum Gasteiger partial charge on any atom is -0.482 e. The Morgan fingerprint density at radius 2 is 1.85 bits per heavy atom. The molecule has 0 radical (unpaired) electrons. The predicted molar refractivity (Wildman–Crippen MR) is 101 cm³/mol. The molecule has 0 atom stereocenters. The van der Waals surface area contributed by atoms with E-state index in [1.165, 1.54) is 35.6 Å². The molecule has 1 aromatic heterocycles. The summed E-state index contributed by atoms with van der Waals surface area (Å²) >= 11 is 7.31. The number of carbonyl (C=O) groups is 1. The molecule has 0 aliphatic carbocycles. The summed E-state index contributed by atoms with van der Waals surface area (Å²) in [4.78, 5) is 26.3. The van der Waals surface area contributed by atoms with E-state index in [1.54, 1.807) is 12.1 Å². The van der Waals surface area contributed by atoms with Crippen molar-refractivity contribution in [2.75, 3.05) is 6.61 Å². The number of non-ortho nitro benzene ring substituents is 1. The van der Waals surface area contributed by atoms with Gasteiger partial charge in [0.1, 0.15) is 17.4 Å². The molecule has 0 spiro atoms. The second-order valence-electron chi connectivity index (χ2n) is 5.35. The number of rotatable bonds is 7. The molecule has 0 aliphatic heterocycles. The Bertz CT molecular complexity index is 941. The molecule has 138 valence electrons. The summed E-state index contributed by atoms with van der Waals surface area (Å²) in [6, 6.07) is 12.8. The van der Waals surface area contributed by atoms with E-state index in [2.05, 4.69) is 4.98 Å². The molecule has 0 bridgehead atoms. The van der Waals surface area contributed by atoms with Crippen molar-refractivity contribution in [3.63, 3.8) is 0 Å². The van der Waals surface area contributed by atoms with Crippen molar-refractivity contribution in [2.24, 2.45) is 0 Å². The highest BCUT2D eigenvalue weighted by molar-refractivity contribution is 7.13. The maximum absolute atomic E-state index is 11.8. The largest absolute Gasteiger partial charge is 0.482 e. The van der Waals surface area contributed by atoms with Crippen molar-refractivity contribution in [3.05, 3.63) is 74.7 Å². The van der Waals surface area contributed by atoms with E-state index in [-0.39, 0.29) is 18.9 Å². The van der Waals surface area contributed by atoms with E-state index in [0.29, 0.717) is 16.5 Å². The van der Waals surface area contributed by atoms with Gasteiger partial charge in [-0.25, -0.2) is 9.78 Å². The van der Waals surface area contributed by atoms with Crippen molar-refractivity contribution in [1.29, 1.82) is 0 Å². The Hall–Kier alpha value is -2.97. The number of benzene rings is 2. The van der Waals surface area contributed by atoms with Crippen LogP contribution in [-0.2, 0) is 16.1 Å². The fraction of sp³-hybridized carbons (Fsp3) is 0.111. The number of ether oxygens (including phenoxy) is 2. The van der Waals surface area contributed by atoms with Gasteiger partial charge in [-0.15, -0.1) is 11.3 Å². The molecule has 0 unspecified atom stereocenters. The van der Waals surface area contributed by atoms with Gasteiger partial charge < -0.3 is 9.47 Å². The summed E-state index contributed by atoms with van der Waals surface area (Å²) in [7, 11) is 0. The Morgan fingerprint density at radius 3 is 2.52 bits per heavy atom. The van der Waals surface area contributed by atoms with E-state index in [1.807, 2.05) is 17.5 Å². The molecule has 1 heterocycles. The molecule has 3 rings (SSSR count). The SMILES string of the molecule is O=C(COc1ccc([N+](=O)[O-])cc1)OCc1csc(-c2ccc(Cl)cc2)n1. The predicted octanol–water partition coefficient (Wildman–Crippen LogP) is 4.49. The first-order valence-corrected chi connectivity index (χ1v) is 9.00. The number of nitrogens with zero attached hydrogens (tertiary/aromatic N) is 2. The number of esters is 1. The van der Waals surface area contributed by atoms with Gasteiger partial charge in [0.2, 0.25) is 0 Å². The minimum atomic E-state index is -0.561. The molecular weight excluding hydrogens is 392 g/mol. The van der Waals surface area contributed by atoms with E-state index < -0.39 is 10.9 Å². The van der Waals surface area contributed by atoms with Crippen molar-refractivity contribution >= 4 is 34.6 Å². The minimum absolute atomic E-state index is 0.0343. The van der Waals surface area contributed by atoms with Crippen LogP contribution in [0.3, 0.4) is 0 Å². The molecule has 0 amide bonds. The third-order valence-corrected chi connectivity index (χ3v) is 4.62. The topological polar surface area (TPSA) is 91.6 Å². The summed E-state index contributed by atoms with van der Waals surface area (Å²) < 4.78 is 10.4. The van der Waals surface area contributed by atoms with Crippen LogP contribution in [0.4, 0.5) is 5.69 Å². The van der Waals surface area contributed by atoms with Gasteiger partial charge in [0.15, 0.2) is 6.61 Å². The summed E-state index contributed by atoms with van der Waals surface area (Å²) in [6.45, 7) is -0.265. The number of nitro groups is 1. The summed E-state index contributed by atoms with van der Waals surface area (Å²) in [5.41, 5.74) is 1.52. The van der Waals surface area contributed by atoms with Crippen molar-refractivity contribution in [1.82, 2.24) is 4.98 Å². The first kappa shape index (κ1) is 18.8. The van der Waals surface area contributed by atoms with E-state index in [0.717, 1.165) is 10.6 Å². The monoisotopic (exact) mass is 404 g/mol. The zero-order valence-electron chi connectivity index (χ0n) is 13.8. The zero-order valence-corrected chi connectivity index (χ0v) is 15.4. The molecule has 9 heteroatoms. The van der Waals surface area contributed by atoms with Gasteiger partial charge in [-0.05, 0) is 24.3 Å². The number of carbonyl (C=O) groups excluding carboxylic acids is 1. The number of hydrogen-bond acceptors (Lipinski definition) is 7. The van der Waals surface area contributed by atoms with Crippen LogP contribution in [0.2, 0.25) is 5.02 Å². The van der Waals surface area contributed by atoms with Gasteiger partial charge in [0.05, 0.1) is 10.6 Å². The average molecular weight is 405 g/mol. The van der Waals surface area contributed by atoms with Gasteiger partial charge in [-0.2, -0.15) is 0 Å². The van der Waals surface area contributed by atoms with Gasteiger partial charge in [-0.1, -0.05) is 23.7 Å². The van der Waals surface area contributed by atoms with Gasteiger partial charge in [0.25, 0.3) is 5.69 Å². The first-order chi connectivity index (χ1) is 13.0. The lowest BCUT2D eigenvalue weighted by Crippen LogP contribution is -2.14. The van der Waals surface area contributed by atoms with Crippen LogP contribution in [0.25, 0.3) is 10.6 Å². The lowest BCUT2D eigenvalue weighted by atomic mass is 10.2. The highest BCUT2D eigenvalue weighted by Gasteiger charge is 2.10. The standard InChI is InChI=1S/C18H13ClN2O5S/c19-13-3-1-12(2-4-13)18-20-14(11-27-18)9-26-17(22)10-25-16-7-5-15(6-8-16)21(23)24/h1-8,11H,9-10H2. The highest BCUT2D eigenvalue weighted by atomic mass is 35.5. The third kappa shape index (κ3) is 5.25. The van der Waals surface area contributed by atoms with Gasteiger partial charge >= 0.3 is 5.97 Å². The van der Waals surface area contributed by atoms with Crippen LogP contribution in [-0.4, -0.2) is 22.5 Å². The third-order valence-electron chi connectivity index (χ3n) is 3.43. The summed E-state index contributed by atoms with van der Waals surface area (Å²) in [5, 5.41) is 13.9. The van der Waals surface area contributed by atoms with Crippen LogP contribution in [0.15, 0.2) is 53.9 Å². The molecule has 27 heavy (non-hydrogen) atoms. The van der Waals surface area contributed by atoms with Crippen LogP contribution < -0.4 is 4.74 Å².